The summed E-state index contributed by atoms with van der Waals surface area (Å²) in [6, 6.07) is 19.7. The van der Waals surface area contributed by atoms with Crippen LogP contribution in [-0.2, 0) is 16.0 Å². The molecular weight excluding hydrogens is 576 g/mol. The summed E-state index contributed by atoms with van der Waals surface area (Å²) in [6.45, 7) is 6.37. The zero-order valence-electron chi connectivity index (χ0n) is 23.8. The van der Waals surface area contributed by atoms with Gasteiger partial charge in [0.2, 0.25) is 0 Å². The lowest BCUT2D eigenvalue weighted by atomic mass is 9.87. The van der Waals surface area contributed by atoms with E-state index < -0.39 is 0 Å². The van der Waals surface area contributed by atoms with Gasteiger partial charge in [0, 0.05) is 16.1 Å². The van der Waals surface area contributed by atoms with Crippen molar-refractivity contribution in [1.29, 1.82) is 0 Å². The van der Waals surface area contributed by atoms with E-state index in [2.05, 4.69) is 101 Å². The van der Waals surface area contributed by atoms with Crippen LogP contribution in [0.2, 0.25) is 0 Å². The van der Waals surface area contributed by atoms with Crippen LogP contribution < -0.4 is 0 Å². The summed E-state index contributed by atoms with van der Waals surface area (Å²) in [5.74, 6) is -0.554. The van der Waals surface area contributed by atoms with E-state index in [9.17, 15) is 4.79 Å². The average molecular weight is 610 g/mol. The van der Waals surface area contributed by atoms with Crippen LogP contribution in [-0.4, -0.2) is 32.6 Å². The Morgan fingerprint density at radius 1 is 0.951 bits per heavy atom. The molecule has 1 atom stereocenters. The van der Waals surface area contributed by atoms with Crippen LogP contribution in [0.25, 0.3) is 44.7 Å². The molecule has 7 heteroatoms. The van der Waals surface area contributed by atoms with Gasteiger partial charge in [0.05, 0.1) is 19.4 Å². The third-order valence-electron chi connectivity index (χ3n) is 8.10. The summed E-state index contributed by atoms with van der Waals surface area (Å²) in [5.41, 5.74) is 11.5. The summed E-state index contributed by atoms with van der Waals surface area (Å²) >= 11 is 3.62. The lowest BCUT2D eigenvalue weighted by Gasteiger charge is -2.18. The fourth-order valence-electron chi connectivity index (χ4n) is 5.97. The van der Waals surface area contributed by atoms with Gasteiger partial charge in [-0.1, -0.05) is 72.1 Å². The van der Waals surface area contributed by atoms with E-state index in [1.54, 1.807) is 6.33 Å². The topological polar surface area (TPSA) is 69.9 Å². The number of imidazole rings is 1. The van der Waals surface area contributed by atoms with E-state index in [-0.39, 0.29) is 17.9 Å². The SMILES string of the molecule is CCCC[C@H](C(=O)OC)c1ccc(-c2ccc3c(c2)Cc2cc(Br)ccc2-3)c(-c2ncnc3c2ncn3C(C)C)c1. The molecule has 0 spiro atoms. The second-order valence-corrected chi connectivity index (χ2v) is 11.9. The molecule has 0 aliphatic heterocycles. The molecule has 41 heavy (non-hydrogen) atoms. The van der Waals surface area contributed by atoms with Gasteiger partial charge in [-0.05, 0) is 83.8 Å². The van der Waals surface area contributed by atoms with Gasteiger partial charge in [0.1, 0.15) is 17.5 Å². The Bertz CT molecular complexity index is 1770. The average Bonchev–Trinajstić information content (AvgIpc) is 3.58. The minimum absolute atomic E-state index is 0.212. The van der Waals surface area contributed by atoms with Crippen molar-refractivity contribution in [2.45, 2.75) is 58.4 Å². The molecule has 0 amide bonds. The Balaban J connectivity index is 1.53. The summed E-state index contributed by atoms with van der Waals surface area (Å²) < 4.78 is 8.39. The molecule has 0 saturated carbocycles. The maximum atomic E-state index is 12.9. The maximum Gasteiger partial charge on any atom is 0.313 e. The molecular formula is C34H33BrN4O2. The zero-order chi connectivity index (χ0) is 28.7. The van der Waals surface area contributed by atoms with E-state index in [0.29, 0.717) is 0 Å². The second-order valence-electron chi connectivity index (χ2n) is 11.0. The third-order valence-corrected chi connectivity index (χ3v) is 8.60. The molecule has 0 N–H and O–H groups in total. The number of rotatable bonds is 8. The number of hydrogen-bond acceptors (Lipinski definition) is 5. The Morgan fingerprint density at radius 3 is 2.46 bits per heavy atom. The Hall–Kier alpha value is -3.84. The van der Waals surface area contributed by atoms with Crippen LogP contribution in [0.15, 0.2) is 71.7 Å². The summed E-state index contributed by atoms with van der Waals surface area (Å²) in [5, 5.41) is 0. The predicted octanol–water partition coefficient (Wildman–Crippen LogP) is 8.52. The number of ether oxygens (including phenoxy) is 1. The molecule has 2 aromatic heterocycles. The van der Waals surface area contributed by atoms with Gasteiger partial charge < -0.3 is 9.30 Å². The highest BCUT2D eigenvalue weighted by Gasteiger charge is 2.25. The van der Waals surface area contributed by atoms with Crippen molar-refractivity contribution < 1.29 is 9.53 Å². The van der Waals surface area contributed by atoms with Crippen molar-refractivity contribution in [3.05, 3.63) is 88.4 Å². The van der Waals surface area contributed by atoms with Gasteiger partial charge in [0.15, 0.2) is 5.65 Å². The number of fused-ring (bicyclic) bond motifs is 4. The van der Waals surface area contributed by atoms with Crippen LogP contribution in [0, 0.1) is 0 Å². The summed E-state index contributed by atoms with van der Waals surface area (Å²) in [4.78, 5) is 27.0. The van der Waals surface area contributed by atoms with Crippen molar-refractivity contribution in [2.75, 3.05) is 7.11 Å². The fourth-order valence-corrected chi connectivity index (χ4v) is 6.38. The Labute approximate surface area is 249 Å². The van der Waals surface area contributed by atoms with Gasteiger partial charge in [0.25, 0.3) is 0 Å². The van der Waals surface area contributed by atoms with E-state index in [4.69, 9.17) is 14.7 Å². The van der Waals surface area contributed by atoms with Crippen LogP contribution in [0.1, 0.15) is 68.7 Å². The normalized spacial score (nSPS) is 12.9. The molecule has 0 bridgehead atoms. The number of hydrogen-bond donors (Lipinski definition) is 0. The van der Waals surface area contributed by atoms with E-state index in [1.165, 1.54) is 29.4 Å². The number of carbonyl (C=O) groups excluding carboxylic acids is 1. The first-order chi connectivity index (χ1) is 19.9. The quantitative estimate of drug-likeness (QED) is 0.162. The van der Waals surface area contributed by atoms with Crippen molar-refractivity contribution >= 4 is 33.1 Å². The van der Waals surface area contributed by atoms with Gasteiger partial charge in [-0.15, -0.1) is 0 Å². The number of benzene rings is 3. The molecule has 0 saturated heterocycles. The smallest absolute Gasteiger partial charge is 0.313 e. The predicted molar refractivity (Wildman–Crippen MR) is 167 cm³/mol. The third kappa shape index (κ3) is 4.97. The van der Waals surface area contributed by atoms with Gasteiger partial charge in [-0.2, -0.15) is 0 Å². The molecule has 3 aromatic carbocycles. The van der Waals surface area contributed by atoms with E-state index in [1.807, 2.05) is 6.33 Å². The van der Waals surface area contributed by atoms with E-state index >= 15 is 0 Å². The number of methoxy groups -OCH3 is 1. The minimum atomic E-state index is -0.341. The zero-order valence-corrected chi connectivity index (χ0v) is 25.4. The van der Waals surface area contributed by atoms with Crippen molar-refractivity contribution in [1.82, 2.24) is 19.5 Å². The number of carbonyl (C=O) groups is 1. The lowest BCUT2D eigenvalue weighted by molar-refractivity contribution is -0.142. The number of halogens is 1. The molecule has 6 rings (SSSR count). The number of aromatic nitrogens is 4. The fraction of sp³-hybridized carbons (Fsp3) is 0.294. The highest BCUT2D eigenvalue weighted by atomic mass is 79.9. The lowest BCUT2D eigenvalue weighted by Crippen LogP contribution is -2.14. The van der Waals surface area contributed by atoms with Gasteiger partial charge in [-0.25, -0.2) is 15.0 Å². The first-order valence-electron chi connectivity index (χ1n) is 14.2. The molecule has 0 unspecified atom stereocenters. The van der Waals surface area contributed by atoms with Crippen molar-refractivity contribution in [2.24, 2.45) is 0 Å². The molecule has 6 nitrogen and oxygen atoms in total. The van der Waals surface area contributed by atoms with E-state index in [0.717, 1.165) is 69.3 Å². The first kappa shape index (κ1) is 27.3. The minimum Gasteiger partial charge on any atom is -0.469 e. The Morgan fingerprint density at radius 2 is 1.71 bits per heavy atom. The maximum absolute atomic E-state index is 12.9. The number of unbranched alkanes of at least 4 members (excludes halogenated alkanes) is 1. The molecule has 2 heterocycles. The highest BCUT2D eigenvalue weighted by molar-refractivity contribution is 9.10. The highest BCUT2D eigenvalue weighted by Crippen LogP contribution is 2.42. The largest absolute Gasteiger partial charge is 0.469 e. The summed E-state index contributed by atoms with van der Waals surface area (Å²) in [7, 11) is 1.46. The van der Waals surface area contributed by atoms with Crippen molar-refractivity contribution in [3.63, 3.8) is 0 Å². The molecule has 0 fully saturated rings. The standard InChI is InChI=1S/C34H33BrN4O2/c1-5-6-7-29(34(40)41-4)22-9-11-26(21-8-12-27-23(14-21)15-24-16-25(35)10-13-28(24)27)30(17-22)31-32-33(37-18-36-31)39(19-38-32)20(2)3/h8-14,16-20,29H,5-7,15H2,1-4H3/t29-/m0/s1. The van der Waals surface area contributed by atoms with Crippen molar-refractivity contribution in [3.8, 4) is 33.5 Å². The molecule has 1 aliphatic carbocycles. The van der Waals surface area contributed by atoms with Gasteiger partial charge in [-0.3, -0.25) is 4.79 Å². The Kier molecular flexibility index (Phi) is 7.47. The monoisotopic (exact) mass is 608 g/mol. The van der Waals surface area contributed by atoms with Crippen LogP contribution in [0.4, 0.5) is 0 Å². The molecule has 1 aliphatic rings. The second kappa shape index (κ2) is 11.2. The molecule has 5 aromatic rings. The van der Waals surface area contributed by atoms with Gasteiger partial charge >= 0.3 is 5.97 Å². The van der Waals surface area contributed by atoms with Crippen LogP contribution in [0.5, 0.6) is 0 Å². The molecule has 0 radical (unpaired) electrons. The summed E-state index contributed by atoms with van der Waals surface area (Å²) in [6.07, 6.45) is 7.01. The van der Waals surface area contributed by atoms with Crippen LogP contribution in [0.3, 0.4) is 0 Å². The number of nitrogens with zero attached hydrogens (tertiary/aromatic N) is 4. The number of esters is 1. The first-order valence-corrected chi connectivity index (χ1v) is 15.0. The van der Waals surface area contributed by atoms with Crippen LogP contribution >= 0.6 is 15.9 Å². The molecule has 208 valence electrons.